The van der Waals surface area contributed by atoms with Crippen LogP contribution >= 0.6 is 0 Å². The number of ether oxygens (including phenoxy) is 2. The third kappa shape index (κ3) is 8.54. The van der Waals surface area contributed by atoms with Crippen LogP contribution in [0.5, 0.6) is 0 Å². The lowest BCUT2D eigenvalue weighted by Crippen LogP contribution is -2.33. The SMILES string of the molecule is CCCCCOC(=O)CN(C)C(=O)OCCC. The summed E-state index contributed by atoms with van der Waals surface area (Å²) in [6.07, 6.45) is 3.27. The molecular formula is C12H23NO4. The maximum Gasteiger partial charge on any atom is 0.410 e. The summed E-state index contributed by atoms with van der Waals surface area (Å²) in [5.74, 6) is -0.392. The summed E-state index contributed by atoms with van der Waals surface area (Å²) in [6.45, 7) is 4.72. The number of unbranched alkanes of at least 4 members (excludes halogenated alkanes) is 2. The number of rotatable bonds is 8. The predicted molar refractivity (Wildman–Crippen MR) is 64.8 cm³/mol. The molecule has 0 aliphatic heterocycles. The van der Waals surface area contributed by atoms with Gasteiger partial charge in [-0.05, 0) is 12.8 Å². The Hall–Kier alpha value is -1.26. The van der Waals surface area contributed by atoms with E-state index in [0.29, 0.717) is 13.2 Å². The van der Waals surface area contributed by atoms with Gasteiger partial charge in [0.15, 0.2) is 0 Å². The number of amides is 1. The Morgan fingerprint density at radius 2 is 1.71 bits per heavy atom. The number of carbonyl (C=O) groups excluding carboxylic acids is 2. The highest BCUT2D eigenvalue weighted by molar-refractivity contribution is 5.77. The molecule has 0 saturated heterocycles. The molecule has 5 heteroatoms. The van der Waals surface area contributed by atoms with Gasteiger partial charge in [0.05, 0.1) is 13.2 Å². The molecule has 0 rings (SSSR count). The first kappa shape index (κ1) is 15.7. The molecular weight excluding hydrogens is 222 g/mol. The van der Waals surface area contributed by atoms with Gasteiger partial charge in [-0.3, -0.25) is 4.79 Å². The molecule has 0 aromatic carbocycles. The number of hydrogen-bond acceptors (Lipinski definition) is 4. The van der Waals surface area contributed by atoms with Gasteiger partial charge in [-0.15, -0.1) is 0 Å². The summed E-state index contributed by atoms with van der Waals surface area (Å²) in [5.41, 5.74) is 0. The molecule has 0 radical (unpaired) electrons. The summed E-state index contributed by atoms with van der Waals surface area (Å²) in [4.78, 5) is 23.9. The van der Waals surface area contributed by atoms with Gasteiger partial charge >= 0.3 is 12.1 Å². The van der Waals surface area contributed by atoms with Crippen molar-refractivity contribution in [2.75, 3.05) is 26.8 Å². The molecule has 5 nitrogen and oxygen atoms in total. The summed E-state index contributed by atoms with van der Waals surface area (Å²) in [7, 11) is 1.52. The van der Waals surface area contributed by atoms with E-state index in [9.17, 15) is 9.59 Å². The van der Waals surface area contributed by atoms with Crippen molar-refractivity contribution in [3.05, 3.63) is 0 Å². The molecule has 0 fully saturated rings. The van der Waals surface area contributed by atoms with E-state index >= 15 is 0 Å². The highest BCUT2D eigenvalue weighted by Crippen LogP contribution is 1.96. The maximum atomic E-state index is 11.3. The molecule has 0 atom stereocenters. The van der Waals surface area contributed by atoms with Crippen LogP contribution in [0.2, 0.25) is 0 Å². The van der Waals surface area contributed by atoms with E-state index in [1.807, 2.05) is 6.92 Å². The molecule has 0 aliphatic rings. The van der Waals surface area contributed by atoms with Gasteiger partial charge < -0.3 is 14.4 Å². The molecule has 0 aliphatic carbocycles. The van der Waals surface area contributed by atoms with Crippen LogP contribution in [-0.2, 0) is 14.3 Å². The summed E-state index contributed by atoms with van der Waals surface area (Å²) >= 11 is 0. The van der Waals surface area contributed by atoms with Crippen LogP contribution in [0.15, 0.2) is 0 Å². The summed E-state index contributed by atoms with van der Waals surface area (Å²) in [6, 6.07) is 0. The zero-order chi connectivity index (χ0) is 13.1. The molecule has 0 heterocycles. The molecule has 0 spiro atoms. The Labute approximate surface area is 103 Å². The summed E-state index contributed by atoms with van der Waals surface area (Å²) in [5, 5.41) is 0. The monoisotopic (exact) mass is 245 g/mol. The highest BCUT2D eigenvalue weighted by atomic mass is 16.6. The molecule has 0 unspecified atom stereocenters. The smallest absolute Gasteiger partial charge is 0.410 e. The minimum atomic E-state index is -0.489. The van der Waals surface area contributed by atoms with E-state index in [1.165, 1.54) is 11.9 Å². The van der Waals surface area contributed by atoms with Gasteiger partial charge in [-0.1, -0.05) is 26.7 Å². The van der Waals surface area contributed by atoms with Crippen molar-refractivity contribution in [1.82, 2.24) is 4.90 Å². The minimum Gasteiger partial charge on any atom is -0.464 e. The van der Waals surface area contributed by atoms with E-state index in [1.54, 1.807) is 0 Å². The number of hydrogen-bond donors (Lipinski definition) is 0. The van der Waals surface area contributed by atoms with E-state index in [-0.39, 0.29) is 6.54 Å². The van der Waals surface area contributed by atoms with Gasteiger partial charge in [0, 0.05) is 7.05 Å². The largest absolute Gasteiger partial charge is 0.464 e. The second kappa shape index (κ2) is 9.93. The van der Waals surface area contributed by atoms with Gasteiger partial charge in [0.1, 0.15) is 6.54 Å². The van der Waals surface area contributed by atoms with E-state index in [2.05, 4.69) is 6.92 Å². The van der Waals surface area contributed by atoms with Crippen LogP contribution in [0.4, 0.5) is 4.79 Å². The first-order chi connectivity index (χ1) is 8.11. The Morgan fingerprint density at radius 1 is 1.00 bits per heavy atom. The quantitative estimate of drug-likeness (QED) is 0.486. The lowest BCUT2D eigenvalue weighted by molar-refractivity contribution is -0.144. The predicted octanol–water partition coefficient (Wildman–Crippen LogP) is 2.20. The average molecular weight is 245 g/mol. The van der Waals surface area contributed by atoms with Crippen molar-refractivity contribution in [2.24, 2.45) is 0 Å². The highest BCUT2D eigenvalue weighted by Gasteiger charge is 2.14. The van der Waals surface area contributed by atoms with Crippen LogP contribution in [-0.4, -0.2) is 43.8 Å². The first-order valence-electron chi connectivity index (χ1n) is 6.15. The molecule has 1 amide bonds. The average Bonchev–Trinajstić information content (AvgIpc) is 2.31. The van der Waals surface area contributed by atoms with Crippen LogP contribution in [0.1, 0.15) is 39.5 Å². The zero-order valence-electron chi connectivity index (χ0n) is 11.0. The van der Waals surface area contributed by atoms with Crippen molar-refractivity contribution in [1.29, 1.82) is 0 Å². The summed E-state index contributed by atoms with van der Waals surface area (Å²) < 4.78 is 9.86. The van der Waals surface area contributed by atoms with Crippen molar-refractivity contribution >= 4 is 12.1 Å². The third-order valence-electron chi connectivity index (χ3n) is 2.12. The molecule has 0 bridgehead atoms. The Bertz CT molecular complexity index is 231. The van der Waals surface area contributed by atoms with Gasteiger partial charge in [0.2, 0.25) is 0 Å². The van der Waals surface area contributed by atoms with Crippen LogP contribution in [0.25, 0.3) is 0 Å². The molecule has 0 N–H and O–H groups in total. The molecule has 100 valence electrons. The normalized spacial score (nSPS) is 9.82. The van der Waals surface area contributed by atoms with Gasteiger partial charge in [-0.2, -0.15) is 0 Å². The van der Waals surface area contributed by atoms with Crippen molar-refractivity contribution in [3.8, 4) is 0 Å². The number of esters is 1. The van der Waals surface area contributed by atoms with Crippen LogP contribution < -0.4 is 0 Å². The molecule has 0 aromatic heterocycles. The van der Waals surface area contributed by atoms with E-state index in [4.69, 9.17) is 9.47 Å². The first-order valence-corrected chi connectivity index (χ1v) is 6.15. The van der Waals surface area contributed by atoms with E-state index < -0.39 is 12.1 Å². The van der Waals surface area contributed by atoms with Crippen LogP contribution in [0, 0.1) is 0 Å². The topological polar surface area (TPSA) is 55.8 Å². The van der Waals surface area contributed by atoms with Crippen molar-refractivity contribution < 1.29 is 19.1 Å². The number of carbonyl (C=O) groups is 2. The fraction of sp³-hybridized carbons (Fsp3) is 0.833. The molecule has 17 heavy (non-hydrogen) atoms. The number of nitrogens with zero attached hydrogens (tertiary/aromatic N) is 1. The maximum absolute atomic E-state index is 11.3. The Kier molecular flexibility index (Phi) is 9.19. The number of likely N-dealkylation sites (N-methyl/N-ethyl adjacent to an activating group) is 1. The van der Waals surface area contributed by atoms with Crippen molar-refractivity contribution in [3.63, 3.8) is 0 Å². The molecule has 0 aromatic rings. The zero-order valence-corrected chi connectivity index (χ0v) is 11.0. The van der Waals surface area contributed by atoms with E-state index in [0.717, 1.165) is 25.7 Å². The standard InChI is InChI=1S/C12H23NO4/c1-4-6-7-9-16-11(14)10-13(3)12(15)17-8-5-2/h4-10H2,1-3H3. The van der Waals surface area contributed by atoms with Gasteiger partial charge in [0.25, 0.3) is 0 Å². The fourth-order valence-corrected chi connectivity index (χ4v) is 1.14. The lowest BCUT2D eigenvalue weighted by Gasteiger charge is -2.15. The van der Waals surface area contributed by atoms with Gasteiger partial charge in [-0.25, -0.2) is 4.79 Å². The third-order valence-corrected chi connectivity index (χ3v) is 2.12. The minimum absolute atomic E-state index is 0.0608. The van der Waals surface area contributed by atoms with Crippen LogP contribution in [0.3, 0.4) is 0 Å². The fourth-order valence-electron chi connectivity index (χ4n) is 1.14. The molecule has 0 saturated carbocycles. The second-order valence-electron chi connectivity index (χ2n) is 3.90. The lowest BCUT2D eigenvalue weighted by atomic mass is 10.3. The Balaban J connectivity index is 3.67. The van der Waals surface area contributed by atoms with Crippen molar-refractivity contribution in [2.45, 2.75) is 39.5 Å². The second-order valence-corrected chi connectivity index (χ2v) is 3.90. The Morgan fingerprint density at radius 3 is 2.29 bits per heavy atom.